The van der Waals surface area contributed by atoms with E-state index in [1.807, 2.05) is 6.08 Å². The van der Waals surface area contributed by atoms with E-state index in [0.29, 0.717) is 19.3 Å². The molecule has 68 heavy (non-hydrogen) atoms. The fourth-order valence-electron chi connectivity index (χ4n) is 8.62. The van der Waals surface area contributed by atoms with E-state index < -0.39 is 75.7 Å². The zero-order valence-corrected chi connectivity index (χ0v) is 43.8. The molecule has 14 heteroatoms. The Balaban J connectivity index is 2.37. The number of allylic oxidation sites excluding steroid dienone is 4. The predicted molar refractivity (Wildman–Crippen MR) is 272 cm³/mol. The van der Waals surface area contributed by atoms with Crippen molar-refractivity contribution in [3.8, 4) is 0 Å². The van der Waals surface area contributed by atoms with Gasteiger partial charge in [-0.3, -0.25) is 18.6 Å². The van der Waals surface area contributed by atoms with Gasteiger partial charge in [0.1, 0.15) is 43.2 Å². The van der Waals surface area contributed by atoms with E-state index in [-0.39, 0.29) is 12.8 Å². The van der Waals surface area contributed by atoms with E-state index in [4.69, 9.17) is 18.5 Å². The summed E-state index contributed by atoms with van der Waals surface area (Å²) in [6, 6.07) is 0. The Morgan fingerprint density at radius 1 is 0.456 bits per heavy atom. The van der Waals surface area contributed by atoms with E-state index in [9.17, 15) is 44.6 Å². The highest BCUT2D eigenvalue weighted by molar-refractivity contribution is 7.47. The molecule has 1 aliphatic carbocycles. The Kier molecular flexibility index (Phi) is 41.7. The van der Waals surface area contributed by atoms with E-state index in [0.717, 1.165) is 38.5 Å². The summed E-state index contributed by atoms with van der Waals surface area (Å²) in [5, 5.41) is 50.3. The molecule has 13 nitrogen and oxygen atoms in total. The molecular formula is C54H101O13P. The molecule has 0 saturated heterocycles. The molecule has 0 aromatic rings. The average molecular weight is 989 g/mol. The van der Waals surface area contributed by atoms with Crippen molar-refractivity contribution in [3.05, 3.63) is 24.3 Å². The first-order valence-corrected chi connectivity index (χ1v) is 29.1. The van der Waals surface area contributed by atoms with Gasteiger partial charge in [-0.05, 0) is 38.5 Å². The molecule has 1 fully saturated rings. The van der Waals surface area contributed by atoms with Crippen LogP contribution in [0, 0.1) is 0 Å². The fourth-order valence-corrected chi connectivity index (χ4v) is 9.60. The predicted octanol–water partition coefficient (Wildman–Crippen LogP) is 12.3. The van der Waals surface area contributed by atoms with Gasteiger partial charge in [-0.25, -0.2) is 4.57 Å². The summed E-state index contributed by atoms with van der Waals surface area (Å²) in [6.07, 6.45) is 38.1. The molecule has 0 spiro atoms. The van der Waals surface area contributed by atoms with Crippen molar-refractivity contribution >= 4 is 19.8 Å². The minimum Gasteiger partial charge on any atom is -0.462 e. The van der Waals surface area contributed by atoms with Gasteiger partial charge in [-0.2, -0.15) is 0 Å². The minimum absolute atomic E-state index is 0.0934. The molecule has 6 N–H and O–H groups in total. The maximum absolute atomic E-state index is 12.9. The Hall–Kier alpha value is -1.67. The van der Waals surface area contributed by atoms with Crippen LogP contribution in [0.1, 0.15) is 251 Å². The highest BCUT2D eigenvalue weighted by Gasteiger charge is 2.51. The zero-order valence-electron chi connectivity index (χ0n) is 42.9. The third-order valence-electron chi connectivity index (χ3n) is 13.0. The number of carbonyl (C=O) groups excluding carboxylic acids is 2. The van der Waals surface area contributed by atoms with Crippen molar-refractivity contribution in [1.82, 2.24) is 0 Å². The van der Waals surface area contributed by atoms with Gasteiger partial charge >= 0.3 is 19.8 Å². The van der Waals surface area contributed by atoms with E-state index in [2.05, 4.69) is 32.1 Å². The van der Waals surface area contributed by atoms with Crippen molar-refractivity contribution < 1.29 is 63.1 Å². The highest BCUT2D eigenvalue weighted by atomic mass is 31.2. The van der Waals surface area contributed by atoms with E-state index in [1.165, 1.54) is 167 Å². The summed E-state index contributed by atoms with van der Waals surface area (Å²) in [5.41, 5.74) is 0. The summed E-state index contributed by atoms with van der Waals surface area (Å²) < 4.78 is 33.6. The van der Waals surface area contributed by atoms with Gasteiger partial charge in [0.2, 0.25) is 0 Å². The average Bonchev–Trinajstić information content (AvgIpc) is 3.32. The smallest absolute Gasteiger partial charge is 0.462 e. The number of phosphoric acid groups is 1. The molecule has 400 valence electrons. The number of phosphoric ester groups is 1. The van der Waals surface area contributed by atoms with Crippen molar-refractivity contribution in [2.24, 2.45) is 0 Å². The third kappa shape index (κ3) is 35.4. The van der Waals surface area contributed by atoms with Gasteiger partial charge in [-0.1, -0.05) is 224 Å². The van der Waals surface area contributed by atoms with Crippen LogP contribution in [0.25, 0.3) is 0 Å². The lowest BCUT2D eigenvalue weighted by Gasteiger charge is -2.41. The molecule has 0 amide bonds. The van der Waals surface area contributed by atoms with Crippen molar-refractivity contribution in [3.63, 3.8) is 0 Å². The normalized spacial score (nSPS) is 21.1. The van der Waals surface area contributed by atoms with Crippen LogP contribution in [-0.4, -0.2) is 98.3 Å². The maximum atomic E-state index is 12.9. The van der Waals surface area contributed by atoms with E-state index in [1.54, 1.807) is 0 Å². The first kappa shape index (κ1) is 64.3. The summed E-state index contributed by atoms with van der Waals surface area (Å²) in [7, 11) is -5.13. The van der Waals surface area contributed by atoms with Crippen LogP contribution < -0.4 is 0 Å². The van der Waals surface area contributed by atoms with Crippen LogP contribution in [0.15, 0.2) is 24.3 Å². The zero-order chi connectivity index (χ0) is 49.9. The van der Waals surface area contributed by atoms with Gasteiger partial charge in [0.25, 0.3) is 0 Å². The van der Waals surface area contributed by atoms with Gasteiger partial charge in [0, 0.05) is 12.8 Å². The number of unbranched alkanes of at least 4 members (excludes halogenated alkanes) is 31. The second kappa shape index (κ2) is 44.1. The van der Waals surface area contributed by atoms with Gasteiger partial charge in [0.05, 0.1) is 6.61 Å². The summed E-state index contributed by atoms with van der Waals surface area (Å²) in [6.45, 7) is 3.31. The highest BCUT2D eigenvalue weighted by Crippen LogP contribution is 2.47. The van der Waals surface area contributed by atoms with Gasteiger partial charge in [0.15, 0.2) is 6.10 Å². The Bertz CT molecular complexity index is 1280. The molecule has 0 bridgehead atoms. The second-order valence-corrected chi connectivity index (χ2v) is 20.9. The quantitative estimate of drug-likeness (QED) is 0.0145. The molecule has 1 aliphatic rings. The lowest BCUT2D eigenvalue weighted by atomic mass is 9.85. The SMILES string of the molecule is CCCCCCCCCCC/C=C/C/C=C/CCCC(=O)OC[C@H](COP(=O)(O)OC1C(O)C(O)C(O)[C@H](O)C1O)OC(=O)CCCCCCCCCCCCCCCCCCCCCCCC. The third-order valence-corrected chi connectivity index (χ3v) is 14.0. The summed E-state index contributed by atoms with van der Waals surface area (Å²) in [4.78, 5) is 35.9. The first-order valence-electron chi connectivity index (χ1n) is 27.6. The molecule has 0 aliphatic heterocycles. The van der Waals surface area contributed by atoms with Gasteiger partial charge < -0.3 is 39.9 Å². The maximum Gasteiger partial charge on any atom is 0.472 e. The molecule has 0 aromatic heterocycles. The molecule has 0 aromatic carbocycles. The number of ether oxygens (including phenoxy) is 2. The number of hydrogen-bond acceptors (Lipinski definition) is 12. The number of carbonyl (C=O) groups is 2. The van der Waals surface area contributed by atoms with Crippen LogP contribution in [0.3, 0.4) is 0 Å². The lowest BCUT2D eigenvalue weighted by molar-refractivity contribution is -0.220. The monoisotopic (exact) mass is 989 g/mol. The number of hydrogen-bond donors (Lipinski definition) is 6. The van der Waals surface area contributed by atoms with Crippen molar-refractivity contribution in [1.29, 1.82) is 0 Å². The molecule has 0 radical (unpaired) electrons. The Morgan fingerprint density at radius 3 is 1.24 bits per heavy atom. The molecule has 6 unspecified atom stereocenters. The summed E-state index contributed by atoms with van der Waals surface area (Å²) >= 11 is 0. The van der Waals surface area contributed by atoms with Crippen LogP contribution in [0.5, 0.6) is 0 Å². The van der Waals surface area contributed by atoms with Crippen LogP contribution in [0.4, 0.5) is 0 Å². The summed E-state index contributed by atoms with van der Waals surface area (Å²) in [5.74, 6) is -1.14. The molecular weight excluding hydrogens is 888 g/mol. The topological polar surface area (TPSA) is 210 Å². The van der Waals surface area contributed by atoms with Gasteiger partial charge in [-0.15, -0.1) is 0 Å². The first-order chi connectivity index (χ1) is 32.9. The van der Waals surface area contributed by atoms with Crippen LogP contribution in [0.2, 0.25) is 0 Å². The van der Waals surface area contributed by atoms with Crippen molar-refractivity contribution in [2.75, 3.05) is 13.2 Å². The number of esters is 2. The molecule has 1 rings (SSSR count). The van der Waals surface area contributed by atoms with Crippen LogP contribution in [-0.2, 0) is 32.7 Å². The molecule has 8 atom stereocenters. The van der Waals surface area contributed by atoms with E-state index >= 15 is 0 Å². The van der Waals surface area contributed by atoms with Crippen molar-refractivity contribution in [2.45, 2.75) is 294 Å². The minimum atomic E-state index is -5.13. The standard InChI is InChI=1S/C54H101O13P/c1-3-5-7-9-11-13-15-17-19-21-22-23-24-25-27-29-31-33-35-37-39-41-43-48(56)66-46(45-65-68(62,63)67-54-52(60)50(58)49(57)51(59)53(54)61)44-64-47(55)42-40-38-36-34-32-30-28-26-20-18-16-14-12-10-8-6-4-2/h28,30,34,36,46,49-54,57-61H,3-27,29,31-33,35,37-45H2,1-2H3,(H,62,63)/b30-28+,36-34+/t46-,49?,50+,51?,52?,53?,54?/m1/s1. The van der Waals surface area contributed by atoms with Crippen LogP contribution >= 0.6 is 7.82 Å². The second-order valence-electron chi connectivity index (χ2n) is 19.4. The number of rotatable bonds is 47. The number of aliphatic hydroxyl groups excluding tert-OH is 5. The fraction of sp³-hybridized carbons (Fsp3) is 0.889. The Labute approximate surface area is 413 Å². The molecule has 0 heterocycles. The Morgan fingerprint density at radius 2 is 0.809 bits per heavy atom. The largest absolute Gasteiger partial charge is 0.472 e. The lowest BCUT2D eigenvalue weighted by Crippen LogP contribution is -2.64. The number of aliphatic hydroxyl groups is 5. The molecule has 1 saturated carbocycles.